The van der Waals surface area contributed by atoms with Crippen LogP contribution in [-0.4, -0.2) is 25.3 Å². The number of hydrogen-bond acceptors (Lipinski definition) is 5. The lowest BCUT2D eigenvalue weighted by atomic mass is 10.4. The van der Waals surface area contributed by atoms with Crippen LogP contribution in [0.5, 0.6) is 0 Å². The van der Waals surface area contributed by atoms with Gasteiger partial charge in [-0.15, -0.1) is 11.3 Å². The third kappa shape index (κ3) is 2.45. The highest BCUT2D eigenvalue weighted by Gasteiger charge is 2.11. The summed E-state index contributed by atoms with van der Waals surface area (Å²) in [7, 11) is 0. The molecule has 1 amide bonds. The van der Waals surface area contributed by atoms with E-state index in [2.05, 4.69) is 20.3 Å². The second kappa shape index (κ2) is 4.77. The average molecular weight is 273 g/mol. The normalized spacial score (nSPS) is 10.8. The van der Waals surface area contributed by atoms with E-state index in [1.54, 1.807) is 46.6 Å². The molecule has 3 aromatic rings. The lowest BCUT2D eigenvalue weighted by Crippen LogP contribution is -2.22. The number of amides is 1. The van der Waals surface area contributed by atoms with E-state index in [-0.39, 0.29) is 5.91 Å². The summed E-state index contributed by atoms with van der Waals surface area (Å²) < 4.78 is 1.71. The number of aromatic nitrogens is 4. The smallest absolute Gasteiger partial charge is 0.271 e. The van der Waals surface area contributed by atoms with E-state index in [1.807, 2.05) is 6.92 Å². The fourth-order valence-electron chi connectivity index (χ4n) is 1.68. The summed E-state index contributed by atoms with van der Waals surface area (Å²) in [5.41, 5.74) is 0.361. The Bertz CT molecular complexity index is 699. The molecule has 1 N–H and O–H groups in total. The predicted octanol–water partition coefficient (Wildman–Crippen LogP) is 1.42. The topological polar surface area (TPSA) is 72.2 Å². The zero-order chi connectivity index (χ0) is 13.2. The highest BCUT2D eigenvalue weighted by Crippen LogP contribution is 2.11. The molecule has 0 aliphatic rings. The van der Waals surface area contributed by atoms with Crippen LogP contribution in [0.25, 0.3) is 5.78 Å². The Morgan fingerprint density at radius 2 is 2.37 bits per heavy atom. The Hall–Kier alpha value is -2.28. The van der Waals surface area contributed by atoms with Crippen LogP contribution in [0.2, 0.25) is 0 Å². The minimum absolute atomic E-state index is 0.212. The number of rotatable bonds is 3. The highest BCUT2D eigenvalue weighted by molar-refractivity contribution is 7.11. The Balaban J connectivity index is 1.73. The van der Waals surface area contributed by atoms with Gasteiger partial charge in [0.05, 0.1) is 11.6 Å². The number of carbonyl (C=O) groups is 1. The van der Waals surface area contributed by atoms with E-state index in [9.17, 15) is 4.79 Å². The molecule has 0 fully saturated rings. The molecule has 19 heavy (non-hydrogen) atoms. The molecular formula is C12H11N5OS. The van der Waals surface area contributed by atoms with Gasteiger partial charge in [0.15, 0.2) is 0 Å². The van der Waals surface area contributed by atoms with Crippen molar-refractivity contribution in [3.63, 3.8) is 0 Å². The minimum atomic E-state index is -0.212. The van der Waals surface area contributed by atoms with Gasteiger partial charge in [0.1, 0.15) is 5.69 Å². The molecule has 6 nitrogen and oxygen atoms in total. The number of fused-ring (bicyclic) bond motifs is 1. The van der Waals surface area contributed by atoms with Gasteiger partial charge in [-0.3, -0.25) is 9.20 Å². The SMILES string of the molecule is Cc1ncc(CNC(=O)c2cn3cccnc3n2)s1. The molecule has 7 heteroatoms. The van der Waals surface area contributed by atoms with Crippen molar-refractivity contribution in [1.29, 1.82) is 0 Å². The first-order valence-electron chi connectivity index (χ1n) is 5.71. The molecule has 3 rings (SSSR count). The molecule has 3 aromatic heterocycles. The van der Waals surface area contributed by atoms with Gasteiger partial charge in [0.2, 0.25) is 5.78 Å². The van der Waals surface area contributed by atoms with E-state index in [0.717, 1.165) is 9.88 Å². The van der Waals surface area contributed by atoms with Gasteiger partial charge in [0, 0.05) is 29.7 Å². The maximum absolute atomic E-state index is 12.0. The first-order chi connectivity index (χ1) is 9.22. The monoisotopic (exact) mass is 273 g/mol. The second-order valence-electron chi connectivity index (χ2n) is 3.98. The maximum atomic E-state index is 12.0. The molecule has 0 radical (unpaired) electrons. The Labute approximate surface area is 113 Å². The van der Waals surface area contributed by atoms with Gasteiger partial charge in [-0.2, -0.15) is 0 Å². The largest absolute Gasteiger partial charge is 0.346 e. The van der Waals surface area contributed by atoms with Crippen molar-refractivity contribution in [2.45, 2.75) is 13.5 Å². The summed E-state index contributed by atoms with van der Waals surface area (Å²) in [6.45, 7) is 2.40. The van der Waals surface area contributed by atoms with Crippen molar-refractivity contribution in [3.05, 3.63) is 46.4 Å². The number of nitrogens with zero attached hydrogens (tertiary/aromatic N) is 4. The van der Waals surface area contributed by atoms with E-state index >= 15 is 0 Å². The van der Waals surface area contributed by atoms with Crippen molar-refractivity contribution in [2.24, 2.45) is 0 Å². The Morgan fingerprint density at radius 3 is 3.11 bits per heavy atom. The van der Waals surface area contributed by atoms with Crippen molar-refractivity contribution in [3.8, 4) is 0 Å². The molecule has 0 spiro atoms. The third-order valence-electron chi connectivity index (χ3n) is 2.56. The van der Waals surface area contributed by atoms with E-state index in [0.29, 0.717) is 18.0 Å². The van der Waals surface area contributed by atoms with Gasteiger partial charge in [0.25, 0.3) is 5.91 Å². The molecular weight excluding hydrogens is 262 g/mol. The van der Waals surface area contributed by atoms with Crippen molar-refractivity contribution < 1.29 is 4.79 Å². The summed E-state index contributed by atoms with van der Waals surface area (Å²) in [6, 6.07) is 1.79. The minimum Gasteiger partial charge on any atom is -0.346 e. The van der Waals surface area contributed by atoms with Crippen LogP contribution in [0, 0.1) is 6.92 Å². The number of carbonyl (C=O) groups excluding carboxylic acids is 1. The number of aryl methyl sites for hydroxylation is 1. The Morgan fingerprint density at radius 1 is 1.47 bits per heavy atom. The van der Waals surface area contributed by atoms with Crippen LogP contribution < -0.4 is 5.32 Å². The number of nitrogens with one attached hydrogen (secondary N) is 1. The van der Waals surface area contributed by atoms with E-state index < -0.39 is 0 Å². The van der Waals surface area contributed by atoms with Crippen LogP contribution >= 0.6 is 11.3 Å². The predicted molar refractivity (Wildman–Crippen MR) is 71.0 cm³/mol. The molecule has 0 aliphatic carbocycles. The van der Waals surface area contributed by atoms with Gasteiger partial charge < -0.3 is 5.32 Å². The lowest BCUT2D eigenvalue weighted by molar-refractivity contribution is 0.0947. The molecule has 0 aliphatic heterocycles. The van der Waals surface area contributed by atoms with Crippen LogP contribution in [-0.2, 0) is 6.54 Å². The first-order valence-corrected chi connectivity index (χ1v) is 6.53. The number of imidazole rings is 1. The van der Waals surface area contributed by atoms with Crippen molar-refractivity contribution >= 4 is 23.0 Å². The molecule has 0 saturated carbocycles. The van der Waals surface area contributed by atoms with Crippen LogP contribution in [0.3, 0.4) is 0 Å². The molecule has 0 bridgehead atoms. The first kappa shape index (κ1) is 11.8. The fourth-order valence-corrected chi connectivity index (χ4v) is 2.42. The van der Waals surface area contributed by atoms with Gasteiger partial charge >= 0.3 is 0 Å². The van der Waals surface area contributed by atoms with Gasteiger partial charge in [-0.1, -0.05) is 0 Å². The summed E-state index contributed by atoms with van der Waals surface area (Å²) in [6.07, 6.45) is 6.88. The zero-order valence-corrected chi connectivity index (χ0v) is 11.0. The maximum Gasteiger partial charge on any atom is 0.271 e. The molecule has 0 atom stereocenters. The van der Waals surface area contributed by atoms with Crippen molar-refractivity contribution in [2.75, 3.05) is 0 Å². The number of thiazole rings is 1. The molecule has 0 aromatic carbocycles. The standard InChI is InChI=1S/C12H11N5OS/c1-8-14-5-9(19-8)6-15-11(18)10-7-17-4-2-3-13-12(17)16-10/h2-5,7H,6H2,1H3,(H,15,18). The molecule has 96 valence electrons. The molecule has 3 heterocycles. The molecule has 0 saturated heterocycles. The summed E-state index contributed by atoms with van der Waals surface area (Å²) in [5, 5.41) is 3.80. The fraction of sp³-hybridized carbons (Fsp3) is 0.167. The van der Waals surface area contributed by atoms with Gasteiger partial charge in [-0.25, -0.2) is 15.0 Å². The van der Waals surface area contributed by atoms with Crippen molar-refractivity contribution in [1.82, 2.24) is 24.7 Å². The average Bonchev–Trinajstić information content (AvgIpc) is 3.01. The summed E-state index contributed by atoms with van der Waals surface area (Å²) >= 11 is 1.57. The second-order valence-corrected chi connectivity index (χ2v) is 5.30. The lowest BCUT2D eigenvalue weighted by Gasteiger charge is -1.99. The zero-order valence-electron chi connectivity index (χ0n) is 10.2. The van der Waals surface area contributed by atoms with Crippen LogP contribution in [0.1, 0.15) is 20.4 Å². The number of hydrogen-bond donors (Lipinski definition) is 1. The van der Waals surface area contributed by atoms with E-state index in [4.69, 9.17) is 0 Å². The molecule has 0 unspecified atom stereocenters. The highest BCUT2D eigenvalue weighted by atomic mass is 32.1. The third-order valence-corrected chi connectivity index (χ3v) is 3.47. The van der Waals surface area contributed by atoms with Crippen LogP contribution in [0.15, 0.2) is 30.9 Å². The van der Waals surface area contributed by atoms with E-state index in [1.165, 1.54) is 0 Å². The summed E-state index contributed by atoms with van der Waals surface area (Å²) in [5.74, 6) is 0.304. The van der Waals surface area contributed by atoms with Crippen LogP contribution in [0.4, 0.5) is 0 Å². The van der Waals surface area contributed by atoms with Gasteiger partial charge in [-0.05, 0) is 13.0 Å². The Kier molecular flexibility index (Phi) is 2.96. The quantitative estimate of drug-likeness (QED) is 0.783. The summed E-state index contributed by atoms with van der Waals surface area (Å²) in [4.78, 5) is 25.4.